The average molecular weight is 297 g/mol. The Labute approximate surface area is 129 Å². The normalized spacial score (nSPS) is 25.3. The number of methoxy groups -OCH3 is 1. The molecule has 1 unspecified atom stereocenters. The van der Waals surface area contributed by atoms with Gasteiger partial charge in [0.2, 0.25) is 0 Å². The quantitative estimate of drug-likeness (QED) is 0.650. The molecule has 1 heterocycles. The summed E-state index contributed by atoms with van der Waals surface area (Å²) in [5, 5.41) is 23.5. The third kappa shape index (κ3) is 1.71. The first-order valence-corrected chi connectivity index (χ1v) is 7.60. The number of hydroxylamine groups is 3. The number of likely N-dealkylation sites (N-methyl/N-ethyl adjacent to an activating group) is 1. The van der Waals surface area contributed by atoms with E-state index in [1.54, 1.807) is 20.2 Å². The van der Waals surface area contributed by atoms with Crippen LogP contribution in [0.2, 0.25) is 0 Å². The first-order chi connectivity index (χ1) is 10.5. The Balaban J connectivity index is 2.03. The number of quaternary nitrogens is 1. The zero-order chi connectivity index (χ0) is 15.5. The number of benzene rings is 2. The van der Waals surface area contributed by atoms with Crippen molar-refractivity contribution in [2.75, 3.05) is 20.7 Å². The van der Waals surface area contributed by atoms with Gasteiger partial charge in [0.05, 0.1) is 20.7 Å². The van der Waals surface area contributed by atoms with Crippen LogP contribution in [0.1, 0.15) is 22.7 Å². The Kier molecular flexibility index (Phi) is 2.77. The Morgan fingerprint density at radius 1 is 1.23 bits per heavy atom. The third-order valence-corrected chi connectivity index (χ3v) is 5.14. The molecule has 0 aromatic heterocycles. The second-order valence-electron chi connectivity index (χ2n) is 6.40. The van der Waals surface area contributed by atoms with Crippen molar-refractivity contribution in [3.8, 4) is 22.6 Å². The molecule has 0 fully saturated rings. The lowest BCUT2D eigenvalue weighted by Crippen LogP contribution is -2.48. The highest BCUT2D eigenvalue weighted by Crippen LogP contribution is 2.51. The average Bonchev–Trinajstić information content (AvgIpc) is 2.51. The van der Waals surface area contributed by atoms with E-state index in [1.807, 2.05) is 18.2 Å². The van der Waals surface area contributed by atoms with Crippen molar-refractivity contribution in [2.24, 2.45) is 0 Å². The molecule has 2 aliphatic rings. The molecule has 114 valence electrons. The van der Waals surface area contributed by atoms with Crippen LogP contribution in [-0.4, -0.2) is 30.5 Å². The van der Waals surface area contributed by atoms with Gasteiger partial charge in [-0.3, -0.25) is 0 Å². The molecule has 0 saturated carbocycles. The zero-order valence-electron chi connectivity index (χ0n) is 12.8. The summed E-state index contributed by atoms with van der Waals surface area (Å²) in [7, 11) is 3.32. The minimum atomic E-state index is -0.240. The van der Waals surface area contributed by atoms with E-state index in [9.17, 15) is 10.3 Å². The van der Waals surface area contributed by atoms with E-state index in [0.29, 0.717) is 18.7 Å². The monoisotopic (exact) mass is 297 g/mol. The van der Waals surface area contributed by atoms with Gasteiger partial charge in [-0.1, -0.05) is 24.3 Å². The standard InChI is InChI=1S/C18H19NO3/c1-19(21)9-8-11-4-3-5-13-16(11)14(19)10-12-6-7-15(22-2)18(20)17(12)13/h3-7,14,20H,8-10H2,1-2H3/t14-,19?/m1/s1. The number of nitrogens with zero attached hydrogens (tertiary/aromatic N) is 1. The van der Waals surface area contributed by atoms with Crippen molar-refractivity contribution in [3.05, 3.63) is 52.2 Å². The van der Waals surface area contributed by atoms with E-state index >= 15 is 0 Å². The van der Waals surface area contributed by atoms with Crippen molar-refractivity contribution < 1.29 is 14.5 Å². The topological polar surface area (TPSA) is 52.5 Å². The SMILES string of the molecule is COc1ccc2c(c1O)-c1cccc3c1[C@@H](C2)[N+](C)([O-])CC3. The highest BCUT2D eigenvalue weighted by molar-refractivity contribution is 5.82. The molecule has 0 bridgehead atoms. The molecular formula is C18H19NO3. The van der Waals surface area contributed by atoms with Crippen LogP contribution >= 0.6 is 0 Å². The Bertz CT molecular complexity index is 767. The zero-order valence-corrected chi connectivity index (χ0v) is 12.8. The molecule has 0 spiro atoms. The fraction of sp³-hybridized carbons (Fsp3) is 0.333. The van der Waals surface area contributed by atoms with Gasteiger partial charge in [0, 0.05) is 24.0 Å². The van der Waals surface area contributed by atoms with E-state index in [2.05, 4.69) is 6.07 Å². The van der Waals surface area contributed by atoms with Crippen LogP contribution in [0, 0.1) is 5.21 Å². The maximum absolute atomic E-state index is 12.9. The van der Waals surface area contributed by atoms with Gasteiger partial charge >= 0.3 is 0 Å². The van der Waals surface area contributed by atoms with Gasteiger partial charge in [-0.15, -0.1) is 0 Å². The summed E-state index contributed by atoms with van der Waals surface area (Å²) in [6.07, 6.45) is 1.45. The molecule has 0 saturated heterocycles. The molecule has 4 rings (SSSR count). The van der Waals surface area contributed by atoms with Crippen LogP contribution in [0.3, 0.4) is 0 Å². The van der Waals surface area contributed by atoms with Crippen LogP contribution in [0.5, 0.6) is 11.5 Å². The largest absolute Gasteiger partial charge is 0.633 e. The number of phenolic OH excluding ortho intramolecular Hbond substituents is 1. The summed E-state index contributed by atoms with van der Waals surface area (Å²) in [6, 6.07) is 9.79. The molecule has 1 aliphatic carbocycles. The van der Waals surface area contributed by atoms with Crippen molar-refractivity contribution in [1.29, 1.82) is 0 Å². The highest BCUT2D eigenvalue weighted by atomic mass is 16.5. The van der Waals surface area contributed by atoms with Crippen molar-refractivity contribution in [2.45, 2.75) is 18.9 Å². The van der Waals surface area contributed by atoms with E-state index < -0.39 is 0 Å². The van der Waals surface area contributed by atoms with Crippen molar-refractivity contribution in [3.63, 3.8) is 0 Å². The lowest BCUT2D eigenvalue weighted by atomic mass is 9.76. The second kappa shape index (κ2) is 4.48. The van der Waals surface area contributed by atoms with Gasteiger partial charge in [-0.05, 0) is 22.8 Å². The lowest BCUT2D eigenvalue weighted by Gasteiger charge is -2.51. The molecule has 2 aromatic rings. The molecule has 22 heavy (non-hydrogen) atoms. The predicted molar refractivity (Wildman–Crippen MR) is 84.7 cm³/mol. The number of hydrogen-bond acceptors (Lipinski definition) is 3. The molecule has 0 radical (unpaired) electrons. The molecule has 1 N–H and O–H groups in total. The van der Waals surface area contributed by atoms with E-state index in [0.717, 1.165) is 28.7 Å². The maximum Gasteiger partial charge on any atom is 0.165 e. The van der Waals surface area contributed by atoms with Gasteiger partial charge in [0.1, 0.15) is 6.04 Å². The van der Waals surface area contributed by atoms with Crippen LogP contribution in [-0.2, 0) is 12.8 Å². The molecule has 1 aliphatic heterocycles. The van der Waals surface area contributed by atoms with Gasteiger partial charge in [-0.25, -0.2) is 0 Å². The summed E-state index contributed by atoms with van der Waals surface area (Å²) in [6.45, 7) is 0.610. The summed E-state index contributed by atoms with van der Waals surface area (Å²) in [4.78, 5) is 0. The summed E-state index contributed by atoms with van der Waals surface area (Å²) in [5.74, 6) is 0.655. The van der Waals surface area contributed by atoms with Gasteiger partial charge < -0.3 is 19.7 Å². The molecule has 2 atom stereocenters. The van der Waals surface area contributed by atoms with Crippen molar-refractivity contribution in [1.82, 2.24) is 0 Å². The lowest BCUT2D eigenvalue weighted by molar-refractivity contribution is -0.894. The predicted octanol–water partition coefficient (Wildman–Crippen LogP) is 3.17. The minimum Gasteiger partial charge on any atom is -0.633 e. The summed E-state index contributed by atoms with van der Waals surface area (Å²) < 4.78 is 5.01. The Morgan fingerprint density at radius 3 is 2.82 bits per heavy atom. The first-order valence-electron chi connectivity index (χ1n) is 7.60. The number of aromatic hydroxyl groups is 1. The van der Waals surface area contributed by atoms with E-state index in [4.69, 9.17) is 4.74 Å². The van der Waals surface area contributed by atoms with Gasteiger partial charge in [0.15, 0.2) is 11.5 Å². The van der Waals surface area contributed by atoms with Crippen LogP contribution in [0.25, 0.3) is 11.1 Å². The molecule has 4 heteroatoms. The smallest absolute Gasteiger partial charge is 0.165 e. The van der Waals surface area contributed by atoms with Crippen LogP contribution < -0.4 is 4.74 Å². The number of ether oxygens (including phenoxy) is 1. The molecular weight excluding hydrogens is 278 g/mol. The third-order valence-electron chi connectivity index (χ3n) is 5.14. The highest BCUT2D eigenvalue weighted by Gasteiger charge is 2.39. The van der Waals surface area contributed by atoms with Gasteiger partial charge in [0.25, 0.3) is 0 Å². The number of fused-ring (bicyclic) bond motifs is 2. The molecule has 2 aromatic carbocycles. The van der Waals surface area contributed by atoms with Crippen LogP contribution in [0.15, 0.2) is 30.3 Å². The fourth-order valence-corrected chi connectivity index (χ4v) is 3.97. The molecule has 0 amide bonds. The second-order valence-corrected chi connectivity index (χ2v) is 6.40. The number of phenols is 1. The maximum atomic E-state index is 12.9. The van der Waals surface area contributed by atoms with E-state index in [1.165, 1.54) is 5.56 Å². The number of rotatable bonds is 1. The van der Waals surface area contributed by atoms with Gasteiger partial charge in [-0.2, -0.15) is 0 Å². The Hall–Kier alpha value is -2.04. The first kappa shape index (κ1) is 13.6. The van der Waals surface area contributed by atoms with E-state index in [-0.39, 0.29) is 16.4 Å². The summed E-state index contributed by atoms with van der Waals surface area (Å²) >= 11 is 0. The fourth-order valence-electron chi connectivity index (χ4n) is 3.97. The van der Waals surface area contributed by atoms with Crippen molar-refractivity contribution >= 4 is 0 Å². The minimum absolute atomic E-state index is 0.0831. The molecule has 4 nitrogen and oxygen atoms in total. The summed E-state index contributed by atoms with van der Waals surface area (Å²) in [5.41, 5.74) is 5.19. The Morgan fingerprint density at radius 2 is 2.05 bits per heavy atom. The van der Waals surface area contributed by atoms with Crippen LogP contribution in [0.4, 0.5) is 0 Å². The number of hydrogen-bond donors (Lipinski definition) is 1.